The Hall–Kier alpha value is -2.91. The zero-order valence-corrected chi connectivity index (χ0v) is 11.1. The number of hydrogen-bond acceptors (Lipinski definition) is 5. The molecule has 1 aromatic carbocycles. The standard InChI is InChI=1S/C15H13N3O3/c16-10-12-2-1-3-14(18-12)21-13-6-4-11(5-7-13)15(20)17-8-9-19/h1-7,19H,8-9H2,(H,17,20). The molecule has 106 valence electrons. The summed E-state index contributed by atoms with van der Waals surface area (Å²) in [7, 11) is 0. The van der Waals surface area contributed by atoms with Gasteiger partial charge in [0.25, 0.3) is 5.91 Å². The Balaban J connectivity index is 2.05. The second-order valence-electron chi connectivity index (χ2n) is 4.08. The third-order valence-electron chi connectivity index (χ3n) is 2.57. The number of aliphatic hydroxyl groups excluding tert-OH is 1. The van der Waals surface area contributed by atoms with Crippen LogP contribution in [0.3, 0.4) is 0 Å². The first-order valence-corrected chi connectivity index (χ1v) is 6.27. The minimum atomic E-state index is -0.264. The maximum absolute atomic E-state index is 11.6. The highest BCUT2D eigenvalue weighted by molar-refractivity contribution is 5.94. The lowest BCUT2D eigenvalue weighted by Crippen LogP contribution is -2.26. The van der Waals surface area contributed by atoms with Crippen molar-refractivity contribution in [3.8, 4) is 17.7 Å². The molecule has 0 saturated heterocycles. The summed E-state index contributed by atoms with van der Waals surface area (Å²) in [6.07, 6.45) is 0. The van der Waals surface area contributed by atoms with Crippen LogP contribution in [-0.4, -0.2) is 29.1 Å². The molecule has 1 heterocycles. The Morgan fingerprint density at radius 2 is 2.05 bits per heavy atom. The topological polar surface area (TPSA) is 95.2 Å². The van der Waals surface area contributed by atoms with E-state index < -0.39 is 0 Å². The van der Waals surface area contributed by atoms with E-state index in [1.807, 2.05) is 6.07 Å². The van der Waals surface area contributed by atoms with Gasteiger partial charge >= 0.3 is 0 Å². The molecule has 0 saturated carbocycles. The van der Waals surface area contributed by atoms with Gasteiger partial charge in [-0.3, -0.25) is 4.79 Å². The summed E-state index contributed by atoms with van der Waals surface area (Å²) in [5, 5.41) is 20.0. The molecular weight excluding hydrogens is 270 g/mol. The molecule has 0 radical (unpaired) electrons. The molecule has 0 aliphatic heterocycles. The van der Waals surface area contributed by atoms with Crippen molar-refractivity contribution in [2.75, 3.05) is 13.2 Å². The van der Waals surface area contributed by atoms with Crippen LogP contribution in [0.1, 0.15) is 16.1 Å². The molecular formula is C15H13N3O3. The number of benzene rings is 1. The lowest BCUT2D eigenvalue weighted by atomic mass is 10.2. The van der Waals surface area contributed by atoms with Gasteiger partial charge in [-0.25, -0.2) is 4.98 Å². The third kappa shape index (κ3) is 4.03. The quantitative estimate of drug-likeness (QED) is 0.866. The SMILES string of the molecule is N#Cc1cccc(Oc2ccc(C(=O)NCCO)cc2)n1. The summed E-state index contributed by atoms with van der Waals surface area (Å²) in [6.45, 7) is 0.107. The lowest BCUT2D eigenvalue weighted by molar-refractivity contribution is 0.0945. The maximum Gasteiger partial charge on any atom is 0.251 e. The summed E-state index contributed by atoms with van der Waals surface area (Å²) >= 11 is 0. The highest BCUT2D eigenvalue weighted by atomic mass is 16.5. The zero-order valence-electron chi connectivity index (χ0n) is 11.1. The van der Waals surface area contributed by atoms with E-state index in [1.54, 1.807) is 42.5 Å². The van der Waals surface area contributed by atoms with Gasteiger partial charge in [0.1, 0.15) is 17.5 Å². The number of aromatic nitrogens is 1. The van der Waals surface area contributed by atoms with Gasteiger partial charge in [0, 0.05) is 18.2 Å². The van der Waals surface area contributed by atoms with Gasteiger partial charge in [-0.05, 0) is 30.3 Å². The Labute approximate surface area is 121 Å². The number of pyridine rings is 1. The number of nitriles is 1. The van der Waals surface area contributed by atoms with Crippen molar-refractivity contribution in [2.45, 2.75) is 0 Å². The Morgan fingerprint density at radius 1 is 1.29 bits per heavy atom. The highest BCUT2D eigenvalue weighted by Crippen LogP contribution is 2.19. The molecule has 0 bridgehead atoms. The molecule has 6 heteroatoms. The molecule has 2 rings (SSSR count). The molecule has 0 aliphatic rings. The average molecular weight is 283 g/mol. The monoisotopic (exact) mass is 283 g/mol. The van der Waals surface area contributed by atoms with Crippen LogP contribution in [0.15, 0.2) is 42.5 Å². The van der Waals surface area contributed by atoms with Crippen LogP contribution in [0, 0.1) is 11.3 Å². The molecule has 0 aliphatic carbocycles. The average Bonchev–Trinajstić information content (AvgIpc) is 2.53. The van der Waals surface area contributed by atoms with Crippen LogP contribution in [-0.2, 0) is 0 Å². The Kier molecular flexibility index (Phi) is 4.85. The summed E-state index contributed by atoms with van der Waals surface area (Å²) < 4.78 is 5.50. The van der Waals surface area contributed by atoms with Gasteiger partial charge in [0.15, 0.2) is 0 Å². The van der Waals surface area contributed by atoms with Gasteiger partial charge in [0.05, 0.1) is 6.61 Å². The first kappa shape index (κ1) is 14.5. The van der Waals surface area contributed by atoms with E-state index in [2.05, 4.69) is 10.3 Å². The largest absolute Gasteiger partial charge is 0.439 e. The first-order valence-electron chi connectivity index (χ1n) is 6.27. The van der Waals surface area contributed by atoms with Crippen LogP contribution in [0.25, 0.3) is 0 Å². The van der Waals surface area contributed by atoms with E-state index >= 15 is 0 Å². The molecule has 0 spiro atoms. The first-order chi connectivity index (χ1) is 10.2. The van der Waals surface area contributed by atoms with Crippen LogP contribution in [0.2, 0.25) is 0 Å². The molecule has 0 atom stereocenters. The molecule has 2 N–H and O–H groups in total. The van der Waals surface area contributed by atoms with Gasteiger partial charge in [0.2, 0.25) is 5.88 Å². The third-order valence-corrected chi connectivity index (χ3v) is 2.57. The molecule has 6 nitrogen and oxygen atoms in total. The van der Waals surface area contributed by atoms with Crippen LogP contribution in [0.4, 0.5) is 0 Å². The van der Waals surface area contributed by atoms with E-state index in [0.717, 1.165) is 0 Å². The van der Waals surface area contributed by atoms with Crippen molar-refractivity contribution in [3.63, 3.8) is 0 Å². The summed E-state index contributed by atoms with van der Waals surface area (Å²) in [4.78, 5) is 15.6. The minimum Gasteiger partial charge on any atom is -0.439 e. The van der Waals surface area contributed by atoms with Crippen molar-refractivity contribution in [2.24, 2.45) is 0 Å². The van der Waals surface area contributed by atoms with Crippen molar-refractivity contribution in [1.82, 2.24) is 10.3 Å². The van der Waals surface area contributed by atoms with E-state index in [0.29, 0.717) is 17.2 Å². The summed E-state index contributed by atoms with van der Waals surface area (Å²) in [6, 6.07) is 13.3. The molecule has 2 aromatic rings. The van der Waals surface area contributed by atoms with Gasteiger partial charge < -0.3 is 15.2 Å². The summed E-state index contributed by atoms with van der Waals surface area (Å²) in [5.74, 6) is 0.558. The van der Waals surface area contributed by atoms with Crippen LogP contribution < -0.4 is 10.1 Å². The molecule has 0 unspecified atom stereocenters. The fourth-order valence-electron chi connectivity index (χ4n) is 1.60. The predicted molar refractivity (Wildman–Crippen MR) is 74.9 cm³/mol. The number of rotatable bonds is 5. The fourth-order valence-corrected chi connectivity index (χ4v) is 1.60. The maximum atomic E-state index is 11.6. The number of amides is 1. The number of carbonyl (C=O) groups is 1. The zero-order chi connectivity index (χ0) is 15.1. The van der Waals surface area contributed by atoms with Crippen LogP contribution >= 0.6 is 0 Å². The number of aliphatic hydroxyl groups is 1. The van der Waals surface area contributed by atoms with Crippen molar-refractivity contribution < 1.29 is 14.6 Å². The predicted octanol–water partition coefficient (Wildman–Crippen LogP) is 1.47. The molecule has 21 heavy (non-hydrogen) atoms. The highest BCUT2D eigenvalue weighted by Gasteiger charge is 2.05. The van der Waals surface area contributed by atoms with E-state index in [9.17, 15) is 4.79 Å². The van der Waals surface area contributed by atoms with Gasteiger partial charge in [-0.1, -0.05) is 6.07 Å². The second kappa shape index (κ2) is 7.03. The number of ether oxygens (including phenoxy) is 1. The number of nitrogens with zero attached hydrogens (tertiary/aromatic N) is 2. The van der Waals surface area contributed by atoms with E-state index in [-0.39, 0.29) is 24.8 Å². The Bertz CT molecular complexity index is 663. The van der Waals surface area contributed by atoms with Gasteiger partial charge in [-0.15, -0.1) is 0 Å². The van der Waals surface area contributed by atoms with Gasteiger partial charge in [-0.2, -0.15) is 5.26 Å². The summed E-state index contributed by atoms with van der Waals surface area (Å²) in [5.41, 5.74) is 0.738. The number of hydrogen-bond donors (Lipinski definition) is 2. The lowest BCUT2D eigenvalue weighted by Gasteiger charge is -2.06. The minimum absolute atomic E-state index is 0.103. The smallest absolute Gasteiger partial charge is 0.251 e. The van der Waals surface area contributed by atoms with E-state index in [1.165, 1.54) is 0 Å². The van der Waals surface area contributed by atoms with Crippen molar-refractivity contribution in [1.29, 1.82) is 5.26 Å². The fraction of sp³-hybridized carbons (Fsp3) is 0.133. The van der Waals surface area contributed by atoms with Crippen LogP contribution in [0.5, 0.6) is 11.6 Å². The normalized spacial score (nSPS) is 9.71. The number of nitrogens with one attached hydrogen (secondary N) is 1. The Morgan fingerprint density at radius 3 is 2.71 bits per heavy atom. The second-order valence-corrected chi connectivity index (χ2v) is 4.08. The molecule has 1 aromatic heterocycles. The van der Waals surface area contributed by atoms with E-state index in [4.69, 9.17) is 15.1 Å². The molecule has 0 fully saturated rings. The van der Waals surface area contributed by atoms with Crippen molar-refractivity contribution in [3.05, 3.63) is 53.7 Å². The van der Waals surface area contributed by atoms with Crippen molar-refractivity contribution >= 4 is 5.91 Å². The number of carbonyl (C=O) groups excluding carboxylic acids is 1. The molecule has 1 amide bonds.